The highest BCUT2D eigenvalue weighted by Crippen LogP contribution is 2.24. The Morgan fingerprint density at radius 1 is 1.10 bits per heavy atom. The van der Waals surface area contributed by atoms with Gasteiger partial charge in [-0.1, -0.05) is 23.7 Å². The monoisotopic (exact) mass is 319 g/mol. The van der Waals surface area contributed by atoms with Crippen LogP contribution in [0.4, 0.5) is 0 Å². The third-order valence-electron chi connectivity index (χ3n) is 3.24. The first-order chi connectivity index (χ1) is 10.1. The van der Waals surface area contributed by atoms with Crippen LogP contribution >= 0.6 is 23.4 Å². The van der Waals surface area contributed by atoms with Crippen molar-refractivity contribution in [3.8, 4) is 0 Å². The Labute approximate surface area is 135 Å². The van der Waals surface area contributed by atoms with Crippen molar-refractivity contribution in [3.05, 3.63) is 64.7 Å². The lowest BCUT2D eigenvalue weighted by Crippen LogP contribution is -2.26. The summed E-state index contributed by atoms with van der Waals surface area (Å²) in [5, 5.41) is 0.752. The van der Waals surface area contributed by atoms with Crippen molar-refractivity contribution in [2.24, 2.45) is 0 Å². The van der Waals surface area contributed by atoms with Crippen molar-refractivity contribution >= 4 is 29.3 Å². The van der Waals surface area contributed by atoms with Crippen molar-refractivity contribution in [2.45, 2.75) is 17.6 Å². The van der Waals surface area contributed by atoms with Crippen molar-refractivity contribution < 1.29 is 4.79 Å². The number of halogens is 1. The first-order valence-electron chi connectivity index (χ1n) is 6.83. The maximum atomic E-state index is 12.0. The van der Waals surface area contributed by atoms with Crippen LogP contribution < -0.4 is 0 Å². The van der Waals surface area contributed by atoms with Crippen LogP contribution in [0.3, 0.4) is 0 Å². The van der Waals surface area contributed by atoms with E-state index in [0.717, 1.165) is 16.3 Å². The van der Waals surface area contributed by atoms with Crippen LogP contribution in [0, 0.1) is 0 Å². The zero-order chi connectivity index (χ0) is 15.2. The number of hydrogen-bond acceptors (Lipinski definition) is 2. The van der Waals surface area contributed by atoms with Crippen molar-refractivity contribution in [1.82, 2.24) is 4.90 Å². The van der Waals surface area contributed by atoms with Crippen LogP contribution in [0.15, 0.2) is 53.4 Å². The number of carbonyl (C=O) groups is 1. The van der Waals surface area contributed by atoms with Crippen molar-refractivity contribution in [3.63, 3.8) is 0 Å². The highest BCUT2D eigenvalue weighted by molar-refractivity contribution is 7.98. The van der Waals surface area contributed by atoms with Gasteiger partial charge in [-0.15, -0.1) is 11.8 Å². The largest absolute Gasteiger partial charge is 0.342 e. The zero-order valence-corrected chi connectivity index (χ0v) is 13.7. The summed E-state index contributed by atoms with van der Waals surface area (Å²) < 4.78 is 0. The molecule has 4 heteroatoms. The van der Waals surface area contributed by atoms with E-state index in [2.05, 4.69) is 0 Å². The molecule has 0 heterocycles. The van der Waals surface area contributed by atoms with E-state index in [-0.39, 0.29) is 5.91 Å². The van der Waals surface area contributed by atoms with Gasteiger partial charge in [0.2, 0.25) is 0 Å². The summed E-state index contributed by atoms with van der Waals surface area (Å²) in [6.45, 7) is 2.68. The molecule has 0 aliphatic heterocycles. The third kappa shape index (κ3) is 4.51. The second-order valence-electron chi connectivity index (χ2n) is 4.76. The van der Waals surface area contributed by atoms with Crippen LogP contribution in [-0.2, 0) is 5.75 Å². The molecule has 2 rings (SSSR count). The lowest BCUT2D eigenvalue weighted by atomic mass is 10.1. The molecule has 0 N–H and O–H groups in total. The van der Waals surface area contributed by atoms with E-state index < -0.39 is 0 Å². The number of amides is 1. The fraction of sp³-hybridized carbons (Fsp3) is 0.235. The van der Waals surface area contributed by atoms with E-state index in [1.807, 2.05) is 62.5 Å². The van der Waals surface area contributed by atoms with Gasteiger partial charge in [-0.25, -0.2) is 0 Å². The fourth-order valence-corrected chi connectivity index (χ4v) is 2.79. The maximum absolute atomic E-state index is 12.0. The average molecular weight is 320 g/mol. The van der Waals surface area contributed by atoms with E-state index in [0.29, 0.717) is 6.54 Å². The van der Waals surface area contributed by atoms with Gasteiger partial charge in [0.05, 0.1) is 0 Å². The summed E-state index contributed by atoms with van der Waals surface area (Å²) in [7, 11) is 1.81. The van der Waals surface area contributed by atoms with Gasteiger partial charge in [-0.2, -0.15) is 0 Å². The Kier molecular flexibility index (Phi) is 5.71. The third-order valence-corrected chi connectivity index (χ3v) is 4.58. The molecule has 0 aliphatic carbocycles. The van der Waals surface area contributed by atoms with E-state index in [1.165, 1.54) is 10.5 Å². The normalized spacial score (nSPS) is 10.4. The van der Waals surface area contributed by atoms with Gasteiger partial charge in [0.1, 0.15) is 0 Å². The Morgan fingerprint density at radius 2 is 1.71 bits per heavy atom. The van der Waals surface area contributed by atoms with Crippen LogP contribution in [-0.4, -0.2) is 24.4 Å². The van der Waals surface area contributed by atoms with Gasteiger partial charge in [0, 0.05) is 34.8 Å². The highest BCUT2D eigenvalue weighted by atomic mass is 35.5. The number of hydrogen-bond donors (Lipinski definition) is 0. The summed E-state index contributed by atoms with van der Waals surface area (Å²) in [5.41, 5.74) is 1.94. The number of rotatable bonds is 5. The zero-order valence-electron chi connectivity index (χ0n) is 12.2. The quantitative estimate of drug-likeness (QED) is 0.743. The summed E-state index contributed by atoms with van der Waals surface area (Å²) in [6, 6.07) is 15.6. The Hall–Kier alpha value is -1.45. The molecule has 2 aromatic rings. The van der Waals surface area contributed by atoms with Crippen LogP contribution in [0.1, 0.15) is 22.8 Å². The molecule has 2 aromatic carbocycles. The summed E-state index contributed by atoms with van der Waals surface area (Å²) in [4.78, 5) is 14.9. The van der Waals surface area contributed by atoms with Crippen molar-refractivity contribution in [2.75, 3.05) is 13.6 Å². The van der Waals surface area contributed by atoms with Gasteiger partial charge in [0.15, 0.2) is 0 Å². The molecule has 0 atom stereocenters. The molecule has 0 unspecified atom stereocenters. The van der Waals surface area contributed by atoms with Gasteiger partial charge in [-0.3, -0.25) is 4.79 Å². The first-order valence-corrected chi connectivity index (χ1v) is 8.19. The molecule has 0 saturated carbocycles. The van der Waals surface area contributed by atoms with E-state index in [4.69, 9.17) is 11.6 Å². The molecule has 0 aliphatic rings. The topological polar surface area (TPSA) is 20.3 Å². The molecule has 0 spiro atoms. The molecule has 21 heavy (non-hydrogen) atoms. The second kappa shape index (κ2) is 7.53. The molecule has 1 amide bonds. The number of thioether (sulfide) groups is 1. The minimum atomic E-state index is 0.0643. The van der Waals surface area contributed by atoms with E-state index in [1.54, 1.807) is 16.7 Å². The van der Waals surface area contributed by atoms with Gasteiger partial charge in [-0.05, 0) is 48.9 Å². The molecule has 0 aromatic heterocycles. The van der Waals surface area contributed by atoms with Crippen LogP contribution in [0.25, 0.3) is 0 Å². The summed E-state index contributed by atoms with van der Waals surface area (Å²) in [6.07, 6.45) is 0. The SMILES string of the molecule is CCN(C)C(=O)c1ccc(CSc2ccc(Cl)cc2)cc1. The molecule has 2 nitrogen and oxygen atoms in total. The molecular formula is C17H18ClNOS. The van der Waals surface area contributed by atoms with Gasteiger partial charge in [0.25, 0.3) is 5.91 Å². The molecule has 0 saturated heterocycles. The molecular weight excluding hydrogens is 302 g/mol. The number of carbonyl (C=O) groups excluding carboxylic acids is 1. The van der Waals surface area contributed by atoms with E-state index in [9.17, 15) is 4.79 Å². The minimum absolute atomic E-state index is 0.0643. The van der Waals surface area contributed by atoms with Gasteiger partial charge >= 0.3 is 0 Å². The number of benzene rings is 2. The van der Waals surface area contributed by atoms with Crippen molar-refractivity contribution in [1.29, 1.82) is 0 Å². The smallest absolute Gasteiger partial charge is 0.253 e. The maximum Gasteiger partial charge on any atom is 0.253 e. The number of nitrogens with zero attached hydrogens (tertiary/aromatic N) is 1. The molecule has 0 fully saturated rings. The average Bonchev–Trinajstić information content (AvgIpc) is 2.53. The standard InChI is InChI=1S/C17H18ClNOS/c1-3-19(2)17(20)14-6-4-13(5-7-14)12-21-16-10-8-15(18)9-11-16/h4-11H,3,12H2,1-2H3. The predicted octanol–water partition coefficient (Wildman–Crippen LogP) is 4.72. The van der Waals surface area contributed by atoms with Crippen LogP contribution in [0.2, 0.25) is 5.02 Å². The summed E-state index contributed by atoms with van der Waals surface area (Å²) in [5.74, 6) is 0.939. The summed E-state index contributed by atoms with van der Waals surface area (Å²) >= 11 is 7.62. The highest BCUT2D eigenvalue weighted by Gasteiger charge is 2.09. The lowest BCUT2D eigenvalue weighted by molar-refractivity contribution is 0.0802. The van der Waals surface area contributed by atoms with Gasteiger partial charge < -0.3 is 4.90 Å². The fourth-order valence-electron chi connectivity index (χ4n) is 1.81. The lowest BCUT2D eigenvalue weighted by Gasteiger charge is -2.14. The minimum Gasteiger partial charge on any atom is -0.342 e. The Balaban J connectivity index is 1.96. The Bertz CT molecular complexity index is 595. The van der Waals surface area contributed by atoms with E-state index >= 15 is 0 Å². The molecule has 0 radical (unpaired) electrons. The van der Waals surface area contributed by atoms with Crippen LogP contribution in [0.5, 0.6) is 0 Å². The first kappa shape index (κ1) is 15.9. The Morgan fingerprint density at radius 3 is 2.29 bits per heavy atom. The molecule has 110 valence electrons. The predicted molar refractivity (Wildman–Crippen MR) is 90.1 cm³/mol. The second-order valence-corrected chi connectivity index (χ2v) is 6.24. The molecule has 0 bridgehead atoms.